The molecule has 1 nitrogen and oxygen atoms in total. The fourth-order valence-corrected chi connectivity index (χ4v) is 2.07. The molecule has 0 heterocycles. The Morgan fingerprint density at radius 1 is 0.882 bits per heavy atom. The summed E-state index contributed by atoms with van der Waals surface area (Å²) < 4.78 is 0. The number of carbonyl (C=O) groups is 1. The van der Waals surface area contributed by atoms with Gasteiger partial charge in [0.25, 0.3) is 0 Å². The maximum absolute atomic E-state index is 10.4. The van der Waals surface area contributed by atoms with Crippen LogP contribution in [0.5, 0.6) is 0 Å². The van der Waals surface area contributed by atoms with E-state index in [0.717, 1.165) is 11.8 Å². The molecule has 0 aliphatic heterocycles. The molecule has 2 aromatic carbocycles. The lowest BCUT2D eigenvalue weighted by Crippen LogP contribution is -1.86. The average molecular weight is 224 g/mol. The zero-order chi connectivity index (χ0) is 12.3. The monoisotopic (exact) mass is 224 g/mol. The molecule has 0 bridgehead atoms. The maximum Gasteiger partial charge on any atom is 0.124 e. The minimum absolute atomic E-state index is 0.493. The van der Waals surface area contributed by atoms with Gasteiger partial charge in [0, 0.05) is 6.42 Å². The Labute approximate surface area is 102 Å². The summed E-state index contributed by atoms with van der Waals surface area (Å²) in [5.41, 5.74) is 6.05. The molecule has 0 aromatic heterocycles. The van der Waals surface area contributed by atoms with Crippen LogP contribution in [0.4, 0.5) is 0 Å². The highest BCUT2D eigenvalue weighted by Crippen LogP contribution is 2.22. The van der Waals surface area contributed by atoms with Crippen molar-refractivity contribution in [1.82, 2.24) is 0 Å². The average Bonchev–Trinajstić information content (AvgIpc) is 2.29. The molecular weight excluding hydrogens is 208 g/mol. The second-order valence-electron chi connectivity index (χ2n) is 4.44. The molecule has 0 saturated heterocycles. The molecule has 0 unspecified atom stereocenters. The van der Waals surface area contributed by atoms with Gasteiger partial charge in [-0.15, -0.1) is 0 Å². The van der Waals surface area contributed by atoms with Crippen molar-refractivity contribution in [3.05, 3.63) is 59.2 Å². The van der Waals surface area contributed by atoms with E-state index in [1.54, 1.807) is 0 Å². The van der Waals surface area contributed by atoms with E-state index in [1.165, 1.54) is 22.3 Å². The van der Waals surface area contributed by atoms with Crippen LogP contribution in [0, 0.1) is 13.8 Å². The summed E-state index contributed by atoms with van der Waals surface area (Å²) in [6, 6.07) is 14.7. The van der Waals surface area contributed by atoms with Gasteiger partial charge in [-0.05, 0) is 30.5 Å². The smallest absolute Gasteiger partial charge is 0.124 e. The van der Waals surface area contributed by atoms with Crippen molar-refractivity contribution in [3.8, 4) is 11.1 Å². The first-order valence-corrected chi connectivity index (χ1v) is 5.80. The molecule has 86 valence electrons. The third-order valence-electron chi connectivity index (χ3n) is 2.83. The number of aryl methyl sites for hydroxylation is 2. The number of hydrogen-bond acceptors (Lipinski definition) is 1. The normalized spacial score (nSPS) is 10.2. The summed E-state index contributed by atoms with van der Waals surface area (Å²) in [7, 11) is 0. The molecule has 0 fully saturated rings. The second kappa shape index (κ2) is 4.96. The Balaban J connectivity index is 2.35. The number of aldehydes is 1. The Bertz CT molecular complexity index is 503. The summed E-state index contributed by atoms with van der Waals surface area (Å²) in [4.78, 5) is 10.4. The SMILES string of the molecule is Cc1cc(C)cc(-c2ccc(CC=O)cc2)c1. The quantitative estimate of drug-likeness (QED) is 0.726. The van der Waals surface area contributed by atoms with Crippen molar-refractivity contribution < 1.29 is 4.79 Å². The van der Waals surface area contributed by atoms with E-state index in [1.807, 2.05) is 12.1 Å². The van der Waals surface area contributed by atoms with E-state index < -0.39 is 0 Å². The molecule has 17 heavy (non-hydrogen) atoms. The van der Waals surface area contributed by atoms with Gasteiger partial charge in [0.1, 0.15) is 6.29 Å². The van der Waals surface area contributed by atoms with Crippen LogP contribution in [0.3, 0.4) is 0 Å². The lowest BCUT2D eigenvalue weighted by atomic mass is 9.99. The van der Waals surface area contributed by atoms with Crippen molar-refractivity contribution in [2.24, 2.45) is 0 Å². The standard InChI is InChI=1S/C16H16O/c1-12-9-13(2)11-16(10-12)15-5-3-14(4-6-15)7-8-17/h3-6,8-11H,7H2,1-2H3. The number of hydrogen-bond donors (Lipinski definition) is 0. The van der Waals surface area contributed by atoms with Crippen LogP contribution in [0.1, 0.15) is 16.7 Å². The lowest BCUT2D eigenvalue weighted by molar-refractivity contribution is -0.107. The van der Waals surface area contributed by atoms with E-state index in [9.17, 15) is 4.79 Å². The molecule has 0 amide bonds. The topological polar surface area (TPSA) is 17.1 Å². The highest BCUT2D eigenvalue weighted by Gasteiger charge is 2.00. The minimum Gasteiger partial charge on any atom is -0.303 e. The number of carbonyl (C=O) groups excluding carboxylic acids is 1. The molecule has 0 aliphatic rings. The van der Waals surface area contributed by atoms with Gasteiger partial charge in [-0.3, -0.25) is 0 Å². The highest BCUT2D eigenvalue weighted by molar-refractivity contribution is 5.66. The molecule has 0 N–H and O–H groups in total. The molecule has 1 heteroatoms. The van der Waals surface area contributed by atoms with E-state index in [4.69, 9.17) is 0 Å². The Hall–Kier alpha value is -1.89. The van der Waals surface area contributed by atoms with Crippen molar-refractivity contribution in [2.45, 2.75) is 20.3 Å². The lowest BCUT2D eigenvalue weighted by Gasteiger charge is -2.06. The highest BCUT2D eigenvalue weighted by atomic mass is 16.1. The van der Waals surface area contributed by atoms with Crippen LogP contribution in [-0.2, 0) is 11.2 Å². The van der Waals surface area contributed by atoms with Crippen LogP contribution in [0.15, 0.2) is 42.5 Å². The van der Waals surface area contributed by atoms with Gasteiger partial charge in [-0.1, -0.05) is 53.6 Å². The first kappa shape index (κ1) is 11.6. The van der Waals surface area contributed by atoms with Gasteiger partial charge in [-0.2, -0.15) is 0 Å². The van der Waals surface area contributed by atoms with Gasteiger partial charge in [0.2, 0.25) is 0 Å². The van der Waals surface area contributed by atoms with Crippen LogP contribution < -0.4 is 0 Å². The van der Waals surface area contributed by atoms with Crippen LogP contribution in [-0.4, -0.2) is 6.29 Å². The van der Waals surface area contributed by atoms with E-state index in [-0.39, 0.29) is 0 Å². The molecule has 0 saturated carbocycles. The first-order chi connectivity index (χ1) is 8.19. The third-order valence-corrected chi connectivity index (χ3v) is 2.83. The number of benzene rings is 2. The number of rotatable bonds is 3. The Morgan fingerprint density at radius 3 is 2.00 bits per heavy atom. The summed E-state index contributed by atoms with van der Waals surface area (Å²) in [6.07, 6.45) is 1.43. The van der Waals surface area contributed by atoms with Crippen molar-refractivity contribution in [1.29, 1.82) is 0 Å². The maximum atomic E-state index is 10.4. The molecule has 2 aromatic rings. The Morgan fingerprint density at radius 2 is 1.47 bits per heavy atom. The van der Waals surface area contributed by atoms with Gasteiger partial charge in [-0.25, -0.2) is 0 Å². The van der Waals surface area contributed by atoms with Crippen LogP contribution >= 0.6 is 0 Å². The largest absolute Gasteiger partial charge is 0.303 e. The minimum atomic E-state index is 0.493. The zero-order valence-electron chi connectivity index (χ0n) is 10.2. The van der Waals surface area contributed by atoms with E-state index in [0.29, 0.717) is 6.42 Å². The predicted octanol–water partition coefficient (Wildman–Crippen LogP) is 3.71. The fraction of sp³-hybridized carbons (Fsp3) is 0.188. The van der Waals surface area contributed by atoms with E-state index >= 15 is 0 Å². The fourth-order valence-electron chi connectivity index (χ4n) is 2.07. The summed E-state index contributed by atoms with van der Waals surface area (Å²) in [5.74, 6) is 0. The van der Waals surface area contributed by atoms with Gasteiger partial charge in [0.05, 0.1) is 0 Å². The molecular formula is C16H16O. The van der Waals surface area contributed by atoms with Crippen LogP contribution in [0.25, 0.3) is 11.1 Å². The van der Waals surface area contributed by atoms with Crippen molar-refractivity contribution in [3.63, 3.8) is 0 Å². The summed E-state index contributed by atoms with van der Waals surface area (Å²) in [5, 5.41) is 0. The Kier molecular flexibility index (Phi) is 3.38. The van der Waals surface area contributed by atoms with Gasteiger partial charge >= 0.3 is 0 Å². The van der Waals surface area contributed by atoms with E-state index in [2.05, 4.69) is 44.2 Å². The molecule has 2 rings (SSSR count). The van der Waals surface area contributed by atoms with Gasteiger partial charge in [0.15, 0.2) is 0 Å². The predicted molar refractivity (Wildman–Crippen MR) is 71.1 cm³/mol. The van der Waals surface area contributed by atoms with Gasteiger partial charge < -0.3 is 4.79 Å². The molecule has 0 atom stereocenters. The second-order valence-corrected chi connectivity index (χ2v) is 4.44. The van der Waals surface area contributed by atoms with Crippen LogP contribution in [0.2, 0.25) is 0 Å². The molecule has 0 radical (unpaired) electrons. The van der Waals surface area contributed by atoms with Crippen molar-refractivity contribution in [2.75, 3.05) is 0 Å². The summed E-state index contributed by atoms with van der Waals surface area (Å²) in [6.45, 7) is 4.22. The molecule has 0 spiro atoms. The first-order valence-electron chi connectivity index (χ1n) is 5.80. The zero-order valence-corrected chi connectivity index (χ0v) is 10.2. The summed E-state index contributed by atoms with van der Waals surface area (Å²) >= 11 is 0. The third kappa shape index (κ3) is 2.82. The van der Waals surface area contributed by atoms with Crippen molar-refractivity contribution >= 4 is 6.29 Å². The molecule has 0 aliphatic carbocycles.